The molecule has 4 heteroatoms. The van der Waals surface area contributed by atoms with Crippen LogP contribution >= 0.6 is 33.9 Å². The van der Waals surface area contributed by atoms with E-state index in [4.69, 9.17) is 0 Å². The third kappa shape index (κ3) is 3.80. The largest absolute Gasteiger partial charge is 0.306 e. The van der Waals surface area contributed by atoms with E-state index in [0.29, 0.717) is 0 Å². The molecule has 1 unspecified atom stereocenters. The van der Waals surface area contributed by atoms with E-state index in [1.54, 1.807) is 12.1 Å². The van der Waals surface area contributed by atoms with E-state index in [2.05, 4.69) is 53.9 Å². The number of hydrogen-bond donors (Lipinski definition) is 1. The van der Waals surface area contributed by atoms with Crippen LogP contribution in [0, 0.1) is 9.39 Å². The van der Waals surface area contributed by atoms with Crippen LogP contribution in [0.1, 0.15) is 41.6 Å². The third-order valence-electron chi connectivity index (χ3n) is 3.19. The lowest BCUT2D eigenvalue weighted by Gasteiger charge is -2.19. The Labute approximate surface area is 137 Å². The highest BCUT2D eigenvalue weighted by molar-refractivity contribution is 14.1. The summed E-state index contributed by atoms with van der Waals surface area (Å²) in [5.74, 6) is -0.173. The average molecular weight is 403 g/mol. The van der Waals surface area contributed by atoms with Crippen LogP contribution in [0.25, 0.3) is 0 Å². The first-order valence-corrected chi connectivity index (χ1v) is 8.82. The van der Waals surface area contributed by atoms with Crippen molar-refractivity contribution in [3.8, 4) is 0 Å². The zero-order valence-electron chi connectivity index (χ0n) is 11.7. The maximum absolute atomic E-state index is 13.3. The van der Waals surface area contributed by atoms with Gasteiger partial charge in [-0.1, -0.05) is 19.9 Å². The van der Waals surface area contributed by atoms with Crippen LogP contribution < -0.4 is 5.32 Å². The van der Waals surface area contributed by atoms with Crippen molar-refractivity contribution >= 4 is 33.9 Å². The van der Waals surface area contributed by atoms with Gasteiger partial charge < -0.3 is 5.32 Å². The highest BCUT2D eigenvalue weighted by atomic mass is 127. The maximum Gasteiger partial charge on any atom is 0.124 e. The minimum absolute atomic E-state index is 0.160. The molecule has 0 bridgehead atoms. The van der Waals surface area contributed by atoms with Crippen LogP contribution in [0.3, 0.4) is 0 Å². The summed E-state index contributed by atoms with van der Waals surface area (Å²) in [6, 6.07) is 9.59. The van der Waals surface area contributed by atoms with Crippen molar-refractivity contribution in [3.05, 3.63) is 55.0 Å². The lowest BCUT2D eigenvalue weighted by Crippen LogP contribution is -2.23. The smallest absolute Gasteiger partial charge is 0.124 e. The summed E-state index contributed by atoms with van der Waals surface area (Å²) in [4.78, 5) is 2.69. The number of hydrogen-bond acceptors (Lipinski definition) is 2. The lowest BCUT2D eigenvalue weighted by atomic mass is 10.1. The predicted octanol–water partition coefficient (Wildman–Crippen LogP) is 5.14. The SMILES string of the molecule is CCCNC(c1ccc(CC)s1)c1ccc(F)cc1I. The second-order valence-corrected chi connectivity index (χ2v) is 7.07. The molecule has 0 saturated heterocycles. The Kier molecular flexibility index (Phi) is 5.99. The highest BCUT2D eigenvalue weighted by Crippen LogP contribution is 2.31. The normalized spacial score (nSPS) is 12.6. The molecule has 108 valence electrons. The van der Waals surface area contributed by atoms with E-state index >= 15 is 0 Å². The molecule has 0 fully saturated rings. The van der Waals surface area contributed by atoms with Crippen molar-refractivity contribution in [2.24, 2.45) is 0 Å². The van der Waals surface area contributed by atoms with Gasteiger partial charge in [0.1, 0.15) is 5.82 Å². The summed E-state index contributed by atoms with van der Waals surface area (Å²) in [5.41, 5.74) is 1.16. The van der Waals surface area contributed by atoms with Crippen molar-refractivity contribution in [1.29, 1.82) is 0 Å². The minimum Gasteiger partial charge on any atom is -0.306 e. The maximum atomic E-state index is 13.3. The molecule has 0 aliphatic carbocycles. The van der Waals surface area contributed by atoms with E-state index < -0.39 is 0 Å². The molecule has 2 aromatic rings. The Morgan fingerprint density at radius 2 is 2.05 bits per heavy atom. The standard InChI is InChI=1S/C16H19FINS/c1-3-9-19-16(15-8-6-12(4-2)20-15)13-7-5-11(17)10-14(13)18/h5-8,10,16,19H,3-4,9H2,1-2H3. The number of nitrogens with one attached hydrogen (secondary N) is 1. The highest BCUT2D eigenvalue weighted by Gasteiger charge is 2.18. The third-order valence-corrected chi connectivity index (χ3v) is 5.42. The summed E-state index contributed by atoms with van der Waals surface area (Å²) >= 11 is 4.06. The number of thiophene rings is 1. The Morgan fingerprint density at radius 3 is 2.65 bits per heavy atom. The summed E-state index contributed by atoms with van der Waals surface area (Å²) < 4.78 is 14.3. The summed E-state index contributed by atoms with van der Waals surface area (Å²) in [6.45, 7) is 5.29. The molecule has 1 nitrogen and oxygen atoms in total. The topological polar surface area (TPSA) is 12.0 Å². The first-order valence-electron chi connectivity index (χ1n) is 6.92. The number of benzene rings is 1. The van der Waals surface area contributed by atoms with Crippen LogP contribution in [0.5, 0.6) is 0 Å². The molecule has 20 heavy (non-hydrogen) atoms. The fraction of sp³-hybridized carbons (Fsp3) is 0.375. The van der Waals surface area contributed by atoms with Gasteiger partial charge in [-0.05, 0) is 71.8 Å². The van der Waals surface area contributed by atoms with Gasteiger partial charge >= 0.3 is 0 Å². The van der Waals surface area contributed by atoms with E-state index in [-0.39, 0.29) is 11.9 Å². The van der Waals surface area contributed by atoms with Crippen molar-refractivity contribution in [2.45, 2.75) is 32.7 Å². The van der Waals surface area contributed by atoms with Gasteiger partial charge in [0.15, 0.2) is 0 Å². The van der Waals surface area contributed by atoms with E-state index in [1.807, 2.05) is 17.4 Å². The molecule has 0 saturated carbocycles. The van der Waals surface area contributed by atoms with Crippen molar-refractivity contribution in [3.63, 3.8) is 0 Å². The minimum atomic E-state index is -0.173. The van der Waals surface area contributed by atoms with Gasteiger partial charge in [0.2, 0.25) is 0 Å². The van der Waals surface area contributed by atoms with E-state index in [1.165, 1.54) is 9.75 Å². The van der Waals surface area contributed by atoms with Crippen LogP contribution in [-0.2, 0) is 6.42 Å². The first-order chi connectivity index (χ1) is 9.65. The Morgan fingerprint density at radius 1 is 1.25 bits per heavy atom. The summed E-state index contributed by atoms with van der Waals surface area (Å²) in [7, 11) is 0. The van der Waals surface area contributed by atoms with Crippen LogP contribution in [0.4, 0.5) is 4.39 Å². The molecule has 1 atom stereocenters. The van der Waals surface area contributed by atoms with Gasteiger partial charge in [-0.15, -0.1) is 11.3 Å². The second-order valence-electron chi connectivity index (χ2n) is 4.71. The summed E-state index contributed by atoms with van der Waals surface area (Å²) in [5, 5.41) is 3.58. The molecule has 2 rings (SSSR count). The molecular weight excluding hydrogens is 384 g/mol. The quantitative estimate of drug-likeness (QED) is 0.659. The van der Waals surface area contributed by atoms with Crippen molar-refractivity contribution < 1.29 is 4.39 Å². The van der Waals surface area contributed by atoms with Gasteiger partial charge in [0.05, 0.1) is 6.04 Å². The van der Waals surface area contributed by atoms with Crippen LogP contribution in [-0.4, -0.2) is 6.54 Å². The molecule has 1 heterocycles. The fourth-order valence-electron chi connectivity index (χ4n) is 2.13. The Bertz CT molecular complexity index is 567. The zero-order chi connectivity index (χ0) is 14.5. The fourth-order valence-corrected chi connectivity index (χ4v) is 3.96. The molecule has 1 aromatic heterocycles. The lowest BCUT2D eigenvalue weighted by molar-refractivity contribution is 0.596. The van der Waals surface area contributed by atoms with E-state index in [0.717, 1.165) is 28.5 Å². The van der Waals surface area contributed by atoms with Gasteiger partial charge in [-0.25, -0.2) is 4.39 Å². The molecule has 0 spiro atoms. The van der Waals surface area contributed by atoms with Gasteiger partial charge in [-0.2, -0.15) is 0 Å². The first kappa shape index (κ1) is 15.9. The zero-order valence-corrected chi connectivity index (χ0v) is 14.7. The average Bonchev–Trinajstić information content (AvgIpc) is 2.90. The summed E-state index contributed by atoms with van der Waals surface area (Å²) in [6.07, 6.45) is 2.14. The van der Waals surface area contributed by atoms with E-state index in [9.17, 15) is 4.39 Å². The molecular formula is C16H19FINS. The second kappa shape index (κ2) is 7.52. The molecule has 0 aliphatic heterocycles. The van der Waals surface area contributed by atoms with Crippen molar-refractivity contribution in [1.82, 2.24) is 5.32 Å². The van der Waals surface area contributed by atoms with Crippen LogP contribution in [0.15, 0.2) is 30.3 Å². The van der Waals surface area contributed by atoms with Crippen molar-refractivity contribution in [2.75, 3.05) is 6.54 Å². The van der Waals surface area contributed by atoms with Crippen LogP contribution in [0.2, 0.25) is 0 Å². The number of aryl methyl sites for hydroxylation is 1. The molecule has 1 aromatic carbocycles. The molecule has 0 aliphatic rings. The Balaban J connectivity index is 2.35. The number of rotatable bonds is 6. The molecule has 1 N–H and O–H groups in total. The number of halogens is 2. The van der Waals surface area contributed by atoms with Gasteiger partial charge in [0.25, 0.3) is 0 Å². The molecule has 0 amide bonds. The van der Waals surface area contributed by atoms with Gasteiger partial charge in [0, 0.05) is 13.3 Å². The monoisotopic (exact) mass is 403 g/mol. The van der Waals surface area contributed by atoms with Gasteiger partial charge in [-0.3, -0.25) is 0 Å². The predicted molar refractivity (Wildman–Crippen MR) is 93.0 cm³/mol. The molecule has 0 radical (unpaired) electrons. The Hall–Kier alpha value is -0.460.